The molecule has 2 rings (SSSR count). The first-order valence-corrected chi connectivity index (χ1v) is 8.82. The Hall–Kier alpha value is -0.320. The minimum Gasteiger partial charge on any atom is -0.378 e. The summed E-state index contributed by atoms with van der Waals surface area (Å²) in [7, 11) is 0. The first-order chi connectivity index (χ1) is 10.2. The molecule has 0 bridgehead atoms. The van der Waals surface area contributed by atoms with Gasteiger partial charge in [0.2, 0.25) is 5.91 Å². The predicted molar refractivity (Wildman–Crippen MR) is 92.3 cm³/mol. The maximum absolute atomic E-state index is 12.1. The van der Waals surface area contributed by atoms with Crippen LogP contribution in [0.15, 0.2) is 0 Å². The number of hydrogen-bond acceptors (Lipinski definition) is 3. The lowest BCUT2D eigenvalue weighted by atomic mass is 9.71. The van der Waals surface area contributed by atoms with E-state index in [1.165, 1.54) is 44.9 Å². The highest BCUT2D eigenvalue weighted by molar-refractivity contribution is 5.85. The zero-order valence-corrected chi connectivity index (χ0v) is 14.6. The fourth-order valence-corrected chi connectivity index (χ4v) is 3.76. The zero-order chi connectivity index (χ0) is 15.0. The van der Waals surface area contributed by atoms with Crippen LogP contribution in [0.5, 0.6) is 0 Å². The summed E-state index contributed by atoms with van der Waals surface area (Å²) in [5.74, 6) is 0.170. The third kappa shape index (κ3) is 6.43. The molecule has 0 aromatic carbocycles. The lowest BCUT2D eigenvalue weighted by molar-refractivity contribution is -0.123. The summed E-state index contributed by atoms with van der Waals surface area (Å²) >= 11 is 0. The van der Waals surface area contributed by atoms with Crippen molar-refractivity contribution in [1.82, 2.24) is 5.32 Å². The molecule has 2 saturated carbocycles. The van der Waals surface area contributed by atoms with Crippen LogP contribution in [0.1, 0.15) is 70.6 Å². The Morgan fingerprint density at radius 2 is 1.82 bits per heavy atom. The van der Waals surface area contributed by atoms with Crippen LogP contribution >= 0.6 is 12.4 Å². The van der Waals surface area contributed by atoms with Gasteiger partial charge in [0.15, 0.2) is 0 Å². The number of carbonyl (C=O) groups is 1. The Kier molecular flexibility index (Phi) is 9.37. The summed E-state index contributed by atoms with van der Waals surface area (Å²) in [4.78, 5) is 12.1. The van der Waals surface area contributed by atoms with Crippen molar-refractivity contribution in [2.45, 2.75) is 76.7 Å². The smallest absolute Gasteiger partial charge is 0.220 e. The second-order valence-electron chi connectivity index (χ2n) is 6.92. The number of nitrogens with one attached hydrogen (secondary N) is 1. The third-order valence-electron chi connectivity index (χ3n) is 5.18. The van der Waals surface area contributed by atoms with Gasteiger partial charge < -0.3 is 15.8 Å². The molecule has 2 aliphatic carbocycles. The van der Waals surface area contributed by atoms with Gasteiger partial charge in [0.1, 0.15) is 0 Å². The summed E-state index contributed by atoms with van der Waals surface area (Å²) in [5.41, 5.74) is 6.00. The van der Waals surface area contributed by atoms with Crippen LogP contribution in [0.3, 0.4) is 0 Å². The van der Waals surface area contributed by atoms with E-state index in [4.69, 9.17) is 10.5 Å². The van der Waals surface area contributed by atoms with Crippen molar-refractivity contribution in [1.29, 1.82) is 0 Å². The Balaban J connectivity index is 0.00000242. The van der Waals surface area contributed by atoms with Gasteiger partial charge in [-0.1, -0.05) is 32.1 Å². The van der Waals surface area contributed by atoms with Crippen molar-refractivity contribution in [2.24, 2.45) is 11.1 Å². The Labute approximate surface area is 141 Å². The van der Waals surface area contributed by atoms with E-state index in [-0.39, 0.29) is 23.7 Å². The third-order valence-corrected chi connectivity index (χ3v) is 5.18. The van der Waals surface area contributed by atoms with Gasteiger partial charge in [0.05, 0.1) is 6.10 Å². The molecule has 22 heavy (non-hydrogen) atoms. The summed E-state index contributed by atoms with van der Waals surface area (Å²) in [6, 6.07) is 0. The number of ether oxygens (including phenoxy) is 1. The number of carbonyl (C=O) groups excluding carboxylic acids is 1. The number of halogens is 1. The van der Waals surface area contributed by atoms with Gasteiger partial charge in [-0.2, -0.15) is 0 Å². The maximum atomic E-state index is 12.1. The van der Waals surface area contributed by atoms with Crippen molar-refractivity contribution in [3.8, 4) is 0 Å². The van der Waals surface area contributed by atoms with Crippen LogP contribution in [0.4, 0.5) is 0 Å². The summed E-state index contributed by atoms with van der Waals surface area (Å²) in [5, 5.41) is 3.04. The number of nitrogens with two attached hydrogens (primary N) is 1. The minimum absolute atomic E-state index is 0. The lowest BCUT2D eigenvalue weighted by Gasteiger charge is -2.35. The molecule has 5 heteroatoms. The second kappa shape index (κ2) is 10.5. The normalized spacial score (nSPS) is 21.3. The topological polar surface area (TPSA) is 64.4 Å². The van der Waals surface area contributed by atoms with Crippen LogP contribution in [-0.4, -0.2) is 31.7 Å². The molecule has 0 aliphatic heterocycles. The SMILES string of the molecule is Cl.NCC1(CC(=O)NCCCOC2CCCC2)CCCCC1. The highest BCUT2D eigenvalue weighted by Gasteiger charge is 2.32. The number of amides is 1. The lowest BCUT2D eigenvalue weighted by Crippen LogP contribution is -2.39. The van der Waals surface area contributed by atoms with Crippen molar-refractivity contribution in [2.75, 3.05) is 19.7 Å². The predicted octanol–water partition coefficient (Wildman–Crippen LogP) is 3.17. The molecule has 2 fully saturated rings. The van der Waals surface area contributed by atoms with Crippen molar-refractivity contribution < 1.29 is 9.53 Å². The first-order valence-electron chi connectivity index (χ1n) is 8.82. The highest BCUT2D eigenvalue weighted by Crippen LogP contribution is 2.38. The monoisotopic (exact) mass is 332 g/mol. The molecule has 1 amide bonds. The quantitative estimate of drug-likeness (QED) is 0.671. The van der Waals surface area contributed by atoms with E-state index in [9.17, 15) is 4.79 Å². The Morgan fingerprint density at radius 3 is 2.45 bits per heavy atom. The van der Waals surface area contributed by atoms with E-state index in [0.29, 0.717) is 19.1 Å². The molecule has 0 radical (unpaired) electrons. The van der Waals surface area contributed by atoms with Gasteiger partial charge >= 0.3 is 0 Å². The molecule has 4 nitrogen and oxygen atoms in total. The first kappa shape index (κ1) is 19.7. The van der Waals surface area contributed by atoms with Gasteiger partial charge in [-0.3, -0.25) is 4.79 Å². The zero-order valence-electron chi connectivity index (χ0n) is 13.8. The molecular weight excluding hydrogens is 300 g/mol. The highest BCUT2D eigenvalue weighted by atomic mass is 35.5. The summed E-state index contributed by atoms with van der Waals surface area (Å²) < 4.78 is 5.80. The molecular formula is C17H33ClN2O2. The van der Waals surface area contributed by atoms with Crippen molar-refractivity contribution in [3.05, 3.63) is 0 Å². The Morgan fingerprint density at radius 1 is 1.14 bits per heavy atom. The fourth-order valence-electron chi connectivity index (χ4n) is 3.76. The molecule has 0 heterocycles. The van der Waals surface area contributed by atoms with E-state index in [0.717, 1.165) is 32.4 Å². The van der Waals surface area contributed by atoms with Gasteiger partial charge in [0.25, 0.3) is 0 Å². The summed E-state index contributed by atoms with van der Waals surface area (Å²) in [6.45, 7) is 2.14. The average molecular weight is 333 g/mol. The Bertz CT molecular complexity index is 314. The molecule has 130 valence electrons. The van der Waals surface area contributed by atoms with Crippen molar-refractivity contribution >= 4 is 18.3 Å². The molecule has 0 unspecified atom stereocenters. The van der Waals surface area contributed by atoms with E-state index < -0.39 is 0 Å². The molecule has 0 atom stereocenters. The van der Waals surface area contributed by atoms with Gasteiger partial charge in [-0.15, -0.1) is 12.4 Å². The molecule has 0 saturated heterocycles. The molecule has 0 aromatic rings. The maximum Gasteiger partial charge on any atom is 0.220 e. The summed E-state index contributed by atoms with van der Waals surface area (Å²) in [6.07, 6.45) is 13.0. The van der Waals surface area contributed by atoms with E-state index in [1.54, 1.807) is 0 Å². The van der Waals surface area contributed by atoms with Gasteiger partial charge in [0, 0.05) is 19.6 Å². The van der Waals surface area contributed by atoms with Crippen LogP contribution in [0, 0.1) is 5.41 Å². The van der Waals surface area contributed by atoms with Crippen LogP contribution < -0.4 is 11.1 Å². The van der Waals surface area contributed by atoms with Crippen LogP contribution in [-0.2, 0) is 9.53 Å². The average Bonchev–Trinajstić information content (AvgIpc) is 3.01. The minimum atomic E-state index is 0. The number of hydrogen-bond donors (Lipinski definition) is 2. The molecule has 2 aliphatic rings. The molecule has 3 N–H and O–H groups in total. The largest absolute Gasteiger partial charge is 0.378 e. The number of rotatable bonds is 8. The molecule has 0 aromatic heterocycles. The van der Waals surface area contributed by atoms with Crippen LogP contribution in [0.2, 0.25) is 0 Å². The van der Waals surface area contributed by atoms with Gasteiger partial charge in [-0.25, -0.2) is 0 Å². The van der Waals surface area contributed by atoms with Crippen LogP contribution in [0.25, 0.3) is 0 Å². The van der Waals surface area contributed by atoms with Gasteiger partial charge in [-0.05, 0) is 44.1 Å². The molecule has 0 spiro atoms. The van der Waals surface area contributed by atoms with E-state index in [1.807, 2.05) is 0 Å². The van der Waals surface area contributed by atoms with Crippen molar-refractivity contribution in [3.63, 3.8) is 0 Å². The second-order valence-corrected chi connectivity index (χ2v) is 6.92. The fraction of sp³-hybridized carbons (Fsp3) is 0.941. The standard InChI is InChI=1S/C17H32N2O2.ClH/c18-14-17(9-4-1-5-10-17)13-16(20)19-11-6-12-21-15-7-2-3-8-15;/h15H,1-14,18H2,(H,19,20);1H. The van der Waals surface area contributed by atoms with E-state index >= 15 is 0 Å². The van der Waals surface area contributed by atoms with E-state index in [2.05, 4.69) is 5.32 Å².